The molecule has 3 rings (SSSR count). The molecule has 0 bridgehead atoms. The molecule has 1 saturated carbocycles. The second kappa shape index (κ2) is 4.03. The molecule has 84 valence electrons. The standard InChI is InChI=1S/C12H14N2OS/c1-8-2-5-11(15-8)12-14-10(7-16-12)6-13-9-3-4-9/h2,5,7,9,13H,3-4,6H2,1H3. The van der Waals surface area contributed by atoms with E-state index in [1.807, 2.05) is 19.1 Å². The lowest BCUT2D eigenvalue weighted by atomic mass is 10.4. The van der Waals surface area contributed by atoms with Crippen molar-refractivity contribution in [1.82, 2.24) is 10.3 Å². The third-order valence-corrected chi connectivity index (χ3v) is 3.56. The second-order valence-electron chi connectivity index (χ2n) is 4.21. The molecule has 0 aliphatic heterocycles. The van der Waals surface area contributed by atoms with Crippen LogP contribution in [-0.2, 0) is 6.54 Å². The molecule has 0 atom stereocenters. The summed E-state index contributed by atoms with van der Waals surface area (Å²) < 4.78 is 5.55. The summed E-state index contributed by atoms with van der Waals surface area (Å²) >= 11 is 1.64. The van der Waals surface area contributed by atoms with E-state index in [0.717, 1.165) is 34.8 Å². The average molecular weight is 234 g/mol. The van der Waals surface area contributed by atoms with Gasteiger partial charge in [0.15, 0.2) is 10.8 Å². The molecule has 16 heavy (non-hydrogen) atoms. The smallest absolute Gasteiger partial charge is 0.162 e. The van der Waals surface area contributed by atoms with E-state index in [1.54, 1.807) is 11.3 Å². The molecule has 0 aromatic carbocycles. The summed E-state index contributed by atoms with van der Waals surface area (Å²) in [6, 6.07) is 4.68. The van der Waals surface area contributed by atoms with Gasteiger partial charge < -0.3 is 9.73 Å². The highest BCUT2D eigenvalue weighted by Crippen LogP contribution is 2.26. The number of hydrogen-bond acceptors (Lipinski definition) is 4. The summed E-state index contributed by atoms with van der Waals surface area (Å²) in [6.07, 6.45) is 2.63. The summed E-state index contributed by atoms with van der Waals surface area (Å²) in [5.41, 5.74) is 1.11. The molecular weight excluding hydrogens is 220 g/mol. The molecule has 0 unspecified atom stereocenters. The van der Waals surface area contributed by atoms with Crippen molar-refractivity contribution in [1.29, 1.82) is 0 Å². The van der Waals surface area contributed by atoms with Crippen LogP contribution < -0.4 is 5.32 Å². The van der Waals surface area contributed by atoms with Crippen molar-refractivity contribution in [3.05, 3.63) is 29.0 Å². The van der Waals surface area contributed by atoms with E-state index < -0.39 is 0 Å². The first kappa shape index (κ1) is 10.1. The van der Waals surface area contributed by atoms with E-state index in [2.05, 4.69) is 15.7 Å². The molecule has 1 N–H and O–H groups in total. The molecule has 1 aliphatic carbocycles. The predicted molar refractivity (Wildman–Crippen MR) is 64.4 cm³/mol. The third-order valence-electron chi connectivity index (χ3n) is 2.65. The molecule has 0 radical (unpaired) electrons. The van der Waals surface area contributed by atoms with Crippen LogP contribution in [0.5, 0.6) is 0 Å². The number of nitrogens with one attached hydrogen (secondary N) is 1. The number of aromatic nitrogens is 1. The topological polar surface area (TPSA) is 38.1 Å². The maximum absolute atomic E-state index is 5.55. The summed E-state index contributed by atoms with van der Waals surface area (Å²) in [4.78, 5) is 4.56. The van der Waals surface area contributed by atoms with Gasteiger partial charge in [-0.1, -0.05) is 0 Å². The van der Waals surface area contributed by atoms with Gasteiger partial charge in [-0.2, -0.15) is 0 Å². The van der Waals surface area contributed by atoms with Crippen molar-refractivity contribution in [3.63, 3.8) is 0 Å². The predicted octanol–water partition coefficient (Wildman–Crippen LogP) is 2.96. The molecule has 0 saturated heterocycles. The molecule has 0 spiro atoms. The fraction of sp³-hybridized carbons (Fsp3) is 0.417. The highest BCUT2D eigenvalue weighted by molar-refractivity contribution is 7.13. The maximum Gasteiger partial charge on any atom is 0.162 e. The van der Waals surface area contributed by atoms with Crippen LogP contribution in [-0.4, -0.2) is 11.0 Å². The van der Waals surface area contributed by atoms with Gasteiger partial charge in [-0.25, -0.2) is 4.98 Å². The first-order valence-electron chi connectivity index (χ1n) is 5.56. The van der Waals surface area contributed by atoms with Crippen molar-refractivity contribution in [2.45, 2.75) is 32.4 Å². The second-order valence-corrected chi connectivity index (χ2v) is 5.07. The minimum absolute atomic E-state index is 0.732. The number of rotatable bonds is 4. The number of furan rings is 1. The van der Waals surface area contributed by atoms with Gasteiger partial charge >= 0.3 is 0 Å². The van der Waals surface area contributed by atoms with E-state index in [9.17, 15) is 0 Å². The minimum Gasteiger partial charge on any atom is -0.459 e. The van der Waals surface area contributed by atoms with Crippen LogP contribution in [0.1, 0.15) is 24.3 Å². The maximum atomic E-state index is 5.55. The fourth-order valence-corrected chi connectivity index (χ4v) is 2.37. The average Bonchev–Trinajstić information content (AvgIpc) is 2.81. The summed E-state index contributed by atoms with van der Waals surface area (Å²) in [7, 11) is 0. The molecular formula is C12H14N2OS. The van der Waals surface area contributed by atoms with Crippen molar-refractivity contribution in [2.24, 2.45) is 0 Å². The Morgan fingerprint density at radius 2 is 2.38 bits per heavy atom. The molecule has 2 aromatic heterocycles. The number of nitrogens with zero attached hydrogens (tertiary/aromatic N) is 1. The van der Waals surface area contributed by atoms with Crippen molar-refractivity contribution in [2.75, 3.05) is 0 Å². The molecule has 1 fully saturated rings. The van der Waals surface area contributed by atoms with E-state index in [0.29, 0.717) is 0 Å². The Morgan fingerprint density at radius 3 is 3.06 bits per heavy atom. The Labute approximate surface area is 98.5 Å². The zero-order valence-electron chi connectivity index (χ0n) is 9.19. The minimum atomic E-state index is 0.732. The van der Waals surface area contributed by atoms with Crippen LogP contribution in [0.15, 0.2) is 21.9 Å². The highest BCUT2D eigenvalue weighted by Gasteiger charge is 2.20. The quantitative estimate of drug-likeness (QED) is 0.883. The molecule has 4 heteroatoms. The first-order valence-corrected chi connectivity index (χ1v) is 6.44. The third kappa shape index (κ3) is 2.18. The van der Waals surface area contributed by atoms with E-state index in [4.69, 9.17) is 4.42 Å². The normalized spacial score (nSPS) is 15.6. The van der Waals surface area contributed by atoms with E-state index in [-0.39, 0.29) is 0 Å². The van der Waals surface area contributed by atoms with Crippen molar-refractivity contribution in [3.8, 4) is 10.8 Å². The Hall–Kier alpha value is -1.13. The van der Waals surface area contributed by atoms with Crippen LogP contribution >= 0.6 is 11.3 Å². The zero-order chi connectivity index (χ0) is 11.0. The summed E-state index contributed by atoms with van der Waals surface area (Å²) in [5, 5.41) is 6.53. The van der Waals surface area contributed by atoms with Crippen molar-refractivity contribution >= 4 is 11.3 Å². The van der Waals surface area contributed by atoms with Gasteiger partial charge in [0.1, 0.15) is 5.76 Å². The number of aryl methyl sites for hydroxylation is 1. The van der Waals surface area contributed by atoms with Gasteiger partial charge in [0.2, 0.25) is 0 Å². The Kier molecular flexibility index (Phi) is 2.53. The molecule has 0 amide bonds. The van der Waals surface area contributed by atoms with Gasteiger partial charge in [-0.05, 0) is 31.9 Å². The van der Waals surface area contributed by atoms with Gasteiger partial charge in [0, 0.05) is 18.0 Å². The lowest BCUT2D eigenvalue weighted by Crippen LogP contribution is -2.15. The fourth-order valence-electron chi connectivity index (χ4n) is 1.59. The molecule has 2 aromatic rings. The van der Waals surface area contributed by atoms with Crippen LogP contribution in [0.4, 0.5) is 0 Å². The first-order chi connectivity index (χ1) is 7.81. The van der Waals surface area contributed by atoms with Crippen LogP contribution in [0.25, 0.3) is 10.8 Å². The lowest BCUT2D eigenvalue weighted by molar-refractivity contribution is 0.547. The van der Waals surface area contributed by atoms with Crippen molar-refractivity contribution < 1.29 is 4.42 Å². The van der Waals surface area contributed by atoms with E-state index >= 15 is 0 Å². The number of thiazole rings is 1. The lowest BCUT2D eigenvalue weighted by Gasteiger charge is -1.97. The van der Waals surface area contributed by atoms with Gasteiger partial charge in [-0.3, -0.25) is 0 Å². The summed E-state index contributed by atoms with van der Waals surface area (Å²) in [5.74, 6) is 1.81. The molecule has 2 heterocycles. The zero-order valence-corrected chi connectivity index (χ0v) is 10.0. The SMILES string of the molecule is Cc1ccc(-c2nc(CNC3CC3)cs2)o1. The van der Waals surface area contributed by atoms with E-state index in [1.165, 1.54) is 12.8 Å². The largest absolute Gasteiger partial charge is 0.459 e. The monoisotopic (exact) mass is 234 g/mol. The molecule has 1 aliphatic rings. The van der Waals surface area contributed by atoms with Crippen LogP contribution in [0.2, 0.25) is 0 Å². The molecule has 3 nitrogen and oxygen atoms in total. The Bertz CT molecular complexity index is 485. The van der Waals surface area contributed by atoms with Crippen LogP contribution in [0.3, 0.4) is 0 Å². The highest BCUT2D eigenvalue weighted by atomic mass is 32.1. The van der Waals surface area contributed by atoms with Crippen LogP contribution in [0, 0.1) is 6.92 Å². The Balaban J connectivity index is 1.71. The van der Waals surface area contributed by atoms with Gasteiger partial charge in [0.05, 0.1) is 5.69 Å². The number of hydrogen-bond donors (Lipinski definition) is 1. The summed E-state index contributed by atoms with van der Waals surface area (Å²) in [6.45, 7) is 2.83. The van der Waals surface area contributed by atoms with Gasteiger partial charge in [0.25, 0.3) is 0 Å². The Morgan fingerprint density at radius 1 is 1.50 bits per heavy atom. The van der Waals surface area contributed by atoms with Gasteiger partial charge in [-0.15, -0.1) is 11.3 Å².